The van der Waals surface area contributed by atoms with Crippen molar-refractivity contribution in [1.29, 1.82) is 0 Å². The van der Waals surface area contributed by atoms with Crippen LogP contribution in [0.25, 0.3) is 6.08 Å². The van der Waals surface area contributed by atoms with Gasteiger partial charge in [-0.3, -0.25) is 19.3 Å². The number of ether oxygens (including phenoxy) is 2. The summed E-state index contributed by atoms with van der Waals surface area (Å²) >= 11 is 0.683. The molecular formula is C24H24N2O7S. The Bertz CT molecular complexity index is 1190. The molecule has 2 aromatic rings. The maximum Gasteiger partial charge on any atom is 0.344 e. The molecule has 0 unspecified atom stereocenters. The third-order valence-electron chi connectivity index (χ3n) is 5.12. The normalized spacial score (nSPS) is 15.4. The fourth-order valence-electron chi connectivity index (χ4n) is 3.10. The van der Waals surface area contributed by atoms with E-state index < -0.39 is 35.7 Å². The van der Waals surface area contributed by atoms with Crippen molar-refractivity contribution in [3.05, 3.63) is 58.0 Å². The minimum absolute atomic E-state index is 0.0741. The van der Waals surface area contributed by atoms with Crippen molar-refractivity contribution in [3.63, 3.8) is 0 Å². The number of carbonyl (C=O) groups is 4. The predicted octanol–water partition coefficient (Wildman–Crippen LogP) is 3.84. The third-order valence-corrected chi connectivity index (χ3v) is 6.03. The van der Waals surface area contributed by atoms with Gasteiger partial charge in [-0.05, 0) is 67.9 Å². The van der Waals surface area contributed by atoms with Crippen molar-refractivity contribution in [2.45, 2.75) is 26.9 Å². The molecule has 1 heterocycles. The van der Waals surface area contributed by atoms with Crippen molar-refractivity contribution in [2.24, 2.45) is 0 Å². The van der Waals surface area contributed by atoms with Crippen molar-refractivity contribution < 1.29 is 33.8 Å². The molecule has 0 spiro atoms. The first-order valence-electron chi connectivity index (χ1n) is 10.3. The summed E-state index contributed by atoms with van der Waals surface area (Å²) in [5.41, 5.74) is 3.01. The minimum Gasteiger partial charge on any atom is -0.493 e. The van der Waals surface area contributed by atoms with Crippen LogP contribution in [0.15, 0.2) is 41.3 Å². The fourth-order valence-corrected chi connectivity index (χ4v) is 3.93. The highest BCUT2D eigenvalue weighted by molar-refractivity contribution is 8.18. The third kappa shape index (κ3) is 5.57. The second-order valence-corrected chi connectivity index (χ2v) is 8.59. The number of anilines is 1. The second-order valence-electron chi connectivity index (χ2n) is 7.59. The maximum atomic E-state index is 12.9. The van der Waals surface area contributed by atoms with Crippen LogP contribution in [0.5, 0.6) is 11.5 Å². The molecule has 0 aliphatic carbocycles. The van der Waals surface area contributed by atoms with E-state index in [-0.39, 0.29) is 16.4 Å². The molecule has 9 nitrogen and oxygen atoms in total. The summed E-state index contributed by atoms with van der Waals surface area (Å²) < 4.78 is 10.8. The zero-order valence-electron chi connectivity index (χ0n) is 19.1. The number of benzene rings is 2. The second kappa shape index (κ2) is 10.4. The zero-order chi connectivity index (χ0) is 25.0. The van der Waals surface area contributed by atoms with E-state index in [2.05, 4.69) is 5.32 Å². The number of carboxylic acids is 1. The van der Waals surface area contributed by atoms with E-state index in [0.29, 0.717) is 23.0 Å². The van der Waals surface area contributed by atoms with Crippen LogP contribution < -0.4 is 14.8 Å². The van der Waals surface area contributed by atoms with E-state index in [1.165, 1.54) is 20.1 Å². The van der Waals surface area contributed by atoms with Crippen LogP contribution >= 0.6 is 11.8 Å². The first kappa shape index (κ1) is 24.8. The lowest BCUT2D eigenvalue weighted by atomic mass is 10.1. The summed E-state index contributed by atoms with van der Waals surface area (Å²) in [5, 5.41) is 11.3. The number of carbonyl (C=O) groups excluding carboxylic acids is 3. The van der Waals surface area contributed by atoms with Crippen LogP contribution in [0.1, 0.15) is 23.6 Å². The zero-order valence-corrected chi connectivity index (χ0v) is 19.9. The van der Waals surface area contributed by atoms with E-state index >= 15 is 0 Å². The Morgan fingerprint density at radius 3 is 2.56 bits per heavy atom. The first-order chi connectivity index (χ1) is 16.1. The van der Waals surface area contributed by atoms with Gasteiger partial charge in [0, 0.05) is 11.3 Å². The minimum atomic E-state index is -1.17. The number of methoxy groups -OCH3 is 1. The molecule has 1 atom stereocenters. The number of aliphatic carboxylic acids is 1. The standard InChI is InChI=1S/C24H24N2O7S/c1-13-8-9-17(10-14(13)2)25-20(27)12-26-22(28)19(34-24(26)31)11-16-6-5-7-18(32-4)21(16)33-15(3)23(29)30/h5-11,15H,12H2,1-4H3,(H,25,27)(H,29,30)/b19-11-/t15-/m0/s1. The van der Waals surface area contributed by atoms with Crippen LogP contribution in [0.2, 0.25) is 0 Å². The number of imide groups is 1. The lowest BCUT2D eigenvalue weighted by molar-refractivity contribution is -0.144. The van der Waals surface area contributed by atoms with Gasteiger partial charge < -0.3 is 19.9 Å². The van der Waals surface area contributed by atoms with E-state index in [1.807, 2.05) is 26.0 Å². The highest BCUT2D eigenvalue weighted by Gasteiger charge is 2.36. The predicted molar refractivity (Wildman–Crippen MR) is 128 cm³/mol. The molecule has 1 aliphatic rings. The summed E-state index contributed by atoms with van der Waals surface area (Å²) in [6.07, 6.45) is 0.242. The van der Waals surface area contributed by atoms with Gasteiger partial charge in [-0.1, -0.05) is 18.2 Å². The molecule has 1 aliphatic heterocycles. The Morgan fingerprint density at radius 1 is 1.18 bits per heavy atom. The number of carboxylic acid groups (broad SMARTS) is 1. The van der Waals surface area contributed by atoms with Gasteiger partial charge in [0.05, 0.1) is 12.0 Å². The first-order valence-corrected chi connectivity index (χ1v) is 11.1. The molecule has 1 fully saturated rings. The molecular weight excluding hydrogens is 460 g/mol. The Hall–Kier alpha value is -3.79. The molecule has 2 N–H and O–H groups in total. The molecule has 0 aromatic heterocycles. The Labute approximate surface area is 200 Å². The van der Waals surface area contributed by atoms with Crippen LogP contribution in [0, 0.1) is 13.8 Å². The van der Waals surface area contributed by atoms with E-state index in [1.54, 1.807) is 24.3 Å². The van der Waals surface area contributed by atoms with Crippen molar-refractivity contribution in [1.82, 2.24) is 4.90 Å². The summed E-state index contributed by atoms with van der Waals surface area (Å²) in [7, 11) is 1.40. The highest BCUT2D eigenvalue weighted by Crippen LogP contribution is 2.37. The van der Waals surface area contributed by atoms with Gasteiger partial charge in [-0.25, -0.2) is 4.79 Å². The SMILES string of the molecule is COc1cccc(/C=C2\SC(=O)N(CC(=O)Nc3ccc(C)c(C)c3)C2=O)c1O[C@@H](C)C(=O)O. The van der Waals surface area contributed by atoms with Crippen LogP contribution in [0.4, 0.5) is 10.5 Å². The van der Waals surface area contributed by atoms with Crippen LogP contribution in [-0.2, 0) is 14.4 Å². The number of rotatable bonds is 8. The number of thioether (sulfide) groups is 1. The largest absolute Gasteiger partial charge is 0.493 e. The number of hydrogen-bond donors (Lipinski definition) is 2. The summed E-state index contributed by atoms with van der Waals surface area (Å²) in [6, 6.07) is 10.3. The Balaban J connectivity index is 1.80. The van der Waals surface area contributed by atoms with E-state index in [9.17, 15) is 24.3 Å². The van der Waals surface area contributed by atoms with Gasteiger partial charge >= 0.3 is 5.97 Å². The van der Waals surface area contributed by atoms with Crippen molar-refractivity contribution in [3.8, 4) is 11.5 Å². The number of hydrogen-bond acceptors (Lipinski definition) is 7. The molecule has 0 radical (unpaired) electrons. The molecule has 3 rings (SSSR count). The van der Waals surface area contributed by atoms with Gasteiger partial charge in [0.15, 0.2) is 17.6 Å². The van der Waals surface area contributed by atoms with Crippen molar-refractivity contribution in [2.75, 3.05) is 19.0 Å². The van der Waals surface area contributed by atoms with Crippen LogP contribution in [0.3, 0.4) is 0 Å². The van der Waals surface area contributed by atoms with Crippen LogP contribution in [-0.4, -0.2) is 52.8 Å². The monoisotopic (exact) mass is 484 g/mol. The molecule has 1 saturated heterocycles. The Morgan fingerprint density at radius 2 is 1.91 bits per heavy atom. The number of para-hydroxylation sites is 1. The van der Waals surface area contributed by atoms with Gasteiger partial charge in [-0.2, -0.15) is 0 Å². The highest BCUT2D eigenvalue weighted by atomic mass is 32.2. The Kier molecular flexibility index (Phi) is 7.62. The van der Waals surface area contributed by atoms with Gasteiger partial charge in [-0.15, -0.1) is 0 Å². The average molecular weight is 485 g/mol. The lowest BCUT2D eigenvalue weighted by Crippen LogP contribution is -2.36. The summed E-state index contributed by atoms with van der Waals surface area (Å²) in [6.45, 7) is 4.79. The number of nitrogens with zero attached hydrogens (tertiary/aromatic N) is 1. The summed E-state index contributed by atoms with van der Waals surface area (Å²) in [4.78, 5) is 50.0. The molecule has 2 aromatic carbocycles. The molecule has 178 valence electrons. The number of amides is 3. The van der Waals surface area contributed by atoms with E-state index in [0.717, 1.165) is 16.0 Å². The fraction of sp³-hybridized carbons (Fsp3) is 0.250. The molecule has 0 bridgehead atoms. The smallest absolute Gasteiger partial charge is 0.344 e. The quantitative estimate of drug-likeness (QED) is 0.542. The van der Waals surface area contributed by atoms with Gasteiger partial charge in [0.1, 0.15) is 6.54 Å². The topological polar surface area (TPSA) is 122 Å². The summed E-state index contributed by atoms with van der Waals surface area (Å²) in [5.74, 6) is -1.92. The molecule has 0 saturated carbocycles. The lowest BCUT2D eigenvalue weighted by Gasteiger charge is -2.16. The van der Waals surface area contributed by atoms with Gasteiger partial charge in [0.25, 0.3) is 11.1 Å². The number of nitrogens with one attached hydrogen (secondary N) is 1. The van der Waals surface area contributed by atoms with Crippen molar-refractivity contribution >= 4 is 46.5 Å². The number of aryl methyl sites for hydroxylation is 2. The molecule has 3 amide bonds. The molecule has 34 heavy (non-hydrogen) atoms. The van der Waals surface area contributed by atoms with Gasteiger partial charge in [0.2, 0.25) is 5.91 Å². The average Bonchev–Trinajstić information content (AvgIpc) is 3.04. The maximum absolute atomic E-state index is 12.9. The van der Waals surface area contributed by atoms with E-state index in [4.69, 9.17) is 9.47 Å². The molecule has 10 heteroatoms.